The molecule has 0 saturated carbocycles. The minimum Gasteiger partial charge on any atom is -0.485 e. The first-order valence-corrected chi connectivity index (χ1v) is 8.84. The summed E-state index contributed by atoms with van der Waals surface area (Å²) in [6.45, 7) is 2.04. The van der Waals surface area contributed by atoms with Crippen LogP contribution in [0.1, 0.15) is 4.88 Å². The van der Waals surface area contributed by atoms with E-state index in [2.05, 4.69) is 10.3 Å². The SMILES string of the molecule is Cc1sc(NC(=O)C2COc3ccccc3O2)nc1-c1ccc(F)cc1. The number of aromatic nitrogens is 1. The molecule has 132 valence electrons. The van der Waals surface area contributed by atoms with Gasteiger partial charge in [-0.25, -0.2) is 9.37 Å². The van der Waals surface area contributed by atoms with Crippen molar-refractivity contribution in [2.75, 3.05) is 11.9 Å². The molecule has 2 heterocycles. The van der Waals surface area contributed by atoms with Crippen LogP contribution < -0.4 is 14.8 Å². The molecule has 0 aliphatic carbocycles. The highest BCUT2D eigenvalue weighted by molar-refractivity contribution is 7.16. The number of rotatable bonds is 3. The van der Waals surface area contributed by atoms with Crippen LogP contribution in [0.15, 0.2) is 48.5 Å². The lowest BCUT2D eigenvalue weighted by molar-refractivity contribution is -0.125. The number of amides is 1. The minimum absolute atomic E-state index is 0.137. The Morgan fingerprint density at radius 1 is 1.19 bits per heavy atom. The Morgan fingerprint density at radius 3 is 2.69 bits per heavy atom. The van der Waals surface area contributed by atoms with Crippen molar-refractivity contribution in [1.29, 1.82) is 0 Å². The summed E-state index contributed by atoms with van der Waals surface area (Å²) in [5, 5.41) is 3.24. The maximum atomic E-state index is 13.1. The Morgan fingerprint density at radius 2 is 1.92 bits per heavy atom. The number of anilines is 1. The fourth-order valence-electron chi connectivity index (χ4n) is 2.66. The predicted molar refractivity (Wildman–Crippen MR) is 97.2 cm³/mol. The summed E-state index contributed by atoms with van der Waals surface area (Å²) in [5.41, 5.74) is 1.52. The number of fused-ring (bicyclic) bond motifs is 1. The van der Waals surface area contributed by atoms with E-state index in [-0.39, 0.29) is 18.3 Å². The van der Waals surface area contributed by atoms with E-state index in [4.69, 9.17) is 9.47 Å². The topological polar surface area (TPSA) is 60.5 Å². The van der Waals surface area contributed by atoms with Gasteiger partial charge in [0.1, 0.15) is 12.4 Å². The van der Waals surface area contributed by atoms with Crippen LogP contribution in [0.4, 0.5) is 9.52 Å². The molecular formula is C19H15FN2O3S. The Balaban J connectivity index is 1.49. The van der Waals surface area contributed by atoms with E-state index in [9.17, 15) is 9.18 Å². The maximum Gasteiger partial charge on any atom is 0.270 e. The van der Waals surface area contributed by atoms with Gasteiger partial charge in [0.2, 0.25) is 6.10 Å². The van der Waals surface area contributed by atoms with Crippen molar-refractivity contribution in [3.8, 4) is 22.8 Å². The molecule has 4 rings (SSSR count). The molecular weight excluding hydrogens is 355 g/mol. The number of hydrogen-bond donors (Lipinski definition) is 1. The molecule has 0 saturated heterocycles. The molecule has 0 spiro atoms. The van der Waals surface area contributed by atoms with E-state index < -0.39 is 6.10 Å². The lowest BCUT2D eigenvalue weighted by atomic mass is 10.1. The number of aryl methyl sites for hydroxylation is 1. The van der Waals surface area contributed by atoms with Gasteiger partial charge < -0.3 is 9.47 Å². The van der Waals surface area contributed by atoms with E-state index in [0.29, 0.717) is 16.6 Å². The largest absolute Gasteiger partial charge is 0.485 e. The van der Waals surface area contributed by atoms with Gasteiger partial charge in [-0.2, -0.15) is 0 Å². The van der Waals surface area contributed by atoms with E-state index in [1.807, 2.05) is 19.1 Å². The maximum absolute atomic E-state index is 13.1. The van der Waals surface area contributed by atoms with Gasteiger partial charge in [-0.1, -0.05) is 12.1 Å². The molecule has 0 fully saturated rings. The number of para-hydroxylation sites is 2. The van der Waals surface area contributed by atoms with Crippen molar-refractivity contribution in [3.05, 3.63) is 59.2 Å². The van der Waals surface area contributed by atoms with Crippen molar-refractivity contribution >= 4 is 22.4 Å². The first-order valence-electron chi connectivity index (χ1n) is 8.03. The first kappa shape index (κ1) is 16.5. The lowest BCUT2D eigenvalue weighted by Crippen LogP contribution is -2.40. The molecule has 1 unspecified atom stereocenters. The normalized spacial score (nSPS) is 15.5. The molecule has 26 heavy (non-hydrogen) atoms. The van der Waals surface area contributed by atoms with Gasteiger partial charge in [0, 0.05) is 10.4 Å². The van der Waals surface area contributed by atoms with Crippen LogP contribution in [0.3, 0.4) is 0 Å². The monoisotopic (exact) mass is 370 g/mol. The summed E-state index contributed by atoms with van der Waals surface area (Å²) < 4.78 is 24.4. The van der Waals surface area contributed by atoms with Gasteiger partial charge in [0.25, 0.3) is 5.91 Å². The fourth-order valence-corrected chi connectivity index (χ4v) is 3.50. The second-order valence-electron chi connectivity index (χ2n) is 5.78. The molecule has 3 aromatic rings. The predicted octanol–water partition coefficient (Wildman–Crippen LogP) is 4.04. The highest BCUT2D eigenvalue weighted by Gasteiger charge is 2.28. The Labute approximate surface area is 153 Å². The van der Waals surface area contributed by atoms with Crippen LogP contribution in [-0.2, 0) is 4.79 Å². The van der Waals surface area contributed by atoms with E-state index in [1.54, 1.807) is 24.3 Å². The van der Waals surface area contributed by atoms with E-state index >= 15 is 0 Å². The first-order chi connectivity index (χ1) is 12.6. The highest BCUT2D eigenvalue weighted by Crippen LogP contribution is 2.33. The van der Waals surface area contributed by atoms with E-state index in [1.165, 1.54) is 23.5 Å². The number of carbonyl (C=O) groups excluding carboxylic acids is 1. The minimum atomic E-state index is -0.747. The molecule has 5 nitrogen and oxygen atoms in total. The van der Waals surface area contributed by atoms with E-state index in [0.717, 1.165) is 16.1 Å². The lowest BCUT2D eigenvalue weighted by Gasteiger charge is -2.25. The molecule has 0 bridgehead atoms. The molecule has 1 aliphatic heterocycles. The van der Waals surface area contributed by atoms with Crippen LogP contribution in [0.2, 0.25) is 0 Å². The number of carbonyl (C=O) groups is 1. The van der Waals surface area contributed by atoms with Gasteiger partial charge in [0.15, 0.2) is 16.6 Å². The highest BCUT2D eigenvalue weighted by atomic mass is 32.1. The van der Waals surface area contributed by atoms with Gasteiger partial charge in [-0.15, -0.1) is 11.3 Å². The second kappa shape index (κ2) is 6.76. The second-order valence-corrected chi connectivity index (χ2v) is 6.99. The molecule has 7 heteroatoms. The summed E-state index contributed by atoms with van der Waals surface area (Å²) in [6.07, 6.45) is -0.747. The Hall–Kier alpha value is -2.93. The molecule has 1 amide bonds. The van der Waals surface area contributed by atoms with Crippen molar-refractivity contribution in [2.24, 2.45) is 0 Å². The molecule has 1 aliphatic rings. The number of benzene rings is 2. The third-order valence-electron chi connectivity index (χ3n) is 3.95. The molecule has 1 N–H and O–H groups in total. The molecule has 1 atom stereocenters. The van der Waals surface area contributed by atoms with Gasteiger partial charge in [0.05, 0.1) is 5.69 Å². The quantitative estimate of drug-likeness (QED) is 0.756. The van der Waals surface area contributed by atoms with Crippen LogP contribution in [0.25, 0.3) is 11.3 Å². The van der Waals surface area contributed by atoms with Crippen molar-refractivity contribution in [3.63, 3.8) is 0 Å². The van der Waals surface area contributed by atoms with Gasteiger partial charge >= 0.3 is 0 Å². The Kier molecular flexibility index (Phi) is 4.30. The number of ether oxygens (including phenoxy) is 2. The average Bonchev–Trinajstić information content (AvgIpc) is 3.02. The van der Waals surface area contributed by atoms with Crippen molar-refractivity contribution in [2.45, 2.75) is 13.0 Å². The van der Waals surface area contributed by atoms with Gasteiger partial charge in [-0.3, -0.25) is 10.1 Å². The number of nitrogens with zero attached hydrogens (tertiary/aromatic N) is 1. The summed E-state index contributed by atoms with van der Waals surface area (Å²) in [5.74, 6) is 0.547. The Bertz CT molecular complexity index is 956. The third kappa shape index (κ3) is 3.25. The number of halogens is 1. The summed E-state index contributed by atoms with van der Waals surface area (Å²) in [4.78, 5) is 17.9. The van der Waals surface area contributed by atoms with Crippen LogP contribution in [0.5, 0.6) is 11.5 Å². The average molecular weight is 370 g/mol. The smallest absolute Gasteiger partial charge is 0.270 e. The number of nitrogens with one attached hydrogen (secondary N) is 1. The van der Waals surface area contributed by atoms with Gasteiger partial charge in [-0.05, 0) is 43.3 Å². The van der Waals surface area contributed by atoms with Crippen molar-refractivity contribution in [1.82, 2.24) is 4.98 Å². The molecule has 0 radical (unpaired) electrons. The number of hydrogen-bond acceptors (Lipinski definition) is 5. The summed E-state index contributed by atoms with van der Waals surface area (Å²) in [6, 6.07) is 13.3. The van der Waals surface area contributed by atoms with Crippen LogP contribution in [0, 0.1) is 12.7 Å². The molecule has 2 aromatic carbocycles. The molecule has 1 aromatic heterocycles. The fraction of sp³-hybridized carbons (Fsp3) is 0.158. The summed E-state index contributed by atoms with van der Waals surface area (Å²) in [7, 11) is 0. The van der Waals surface area contributed by atoms with Crippen LogP contribution in [-0.4, -0.2) is 23.6 Å². The summed E-state index contributed by atoms with van der Waals surface area (Å²) >= 11 is 1.36. The zero-order valence-corrected chi connectivity index (χ0v) is 14.7. The third-order valence-corrected chi connectivity index (χ3v) is 4.83. The standard InChI is InChI=1S/C19H15FN2O3S/c1-11-17(12-6-8-13(20)9-7-12)21-19(26-11)22-18(23)16-10-24-14-4-2-3-5-15(14)25-16/h2-9,16H,10H2,1H3,(H,21,22,23). The zero-order valence-electron chi connectivity index (χ0n) is 13.9. The van der Waals surface area contributed by atoms with Crippen LogP contribution >= 0.6 is 11.3 Å². The zero-order chi connectivity index (χ0) is 18.1. The number of thiazole rings is 1. The van der Waals surface area contributed by atoms with Crippen molar-refractivity contribution < 1.29 is 18.7 Å².